The third-order valence-electron chi connectivity index (χ3n) is 6.73. The molecular formula is C24H32N4O6. The molecule has 0 spiro atoms. The fourth-order valence-electron chi connectivity index (χ4n) is 4.86. The zero-order valence-electron chi connectivity index (χ0n) is 19.7. The van der Waals surface area contributed by atoms with Gasteiger partial charge in [0, 0.05) is 44.4 Å². The van der Waals surface area contributed by atoms with Crippen LogP contribution in [0.3, 0.4) is 0 Å². The molecule has 0 saturated heterocycles. The van der Waals surface area contributed by atoms with E-state index in [1.165, 1.54) is 55.7 Å². The lowest BCUT2D eigenvalue weighted by Gasteiger charge is -2.37. The van der Waals surface area contributed by atoms with Crippen LogP contribution in [0.2, 0.25) is 0 Å². The number of hydrogen-bond donors (Lipinski definition) is 2. The van der Waals surface area contributed by atoms with E-state index in [4.69, 9.17) is 0 Å². The number of allylic oxidation sites excluding steroid dienone is 1. The van der Waals surface area contributed by atoms with E-state index < -0.39 is 23.0 Å². The first-order valence-corrected chi connectivity index (χ1v) is 11.7. The van der Waals surface area contributed by atoms with Crippen molar-refractivity contribution in [3.8, 4) is 0 Å². The maximum absolute atomic E-state index is 12.8. The van der Waals surface area contributed by atoms with Crippen molar-refractivity contribution in [1.29, 1.82) is 0 Å². The van der Waals surface area contributed by atoms with E-state index in [1.54, 1.807) is 18.0 Å². The number of hydrogen-bond acceptors (Lipinski definition) is 5. The van der Waals surface area contributed by atoms with Gasteiger partial charge in [-0.05, 0) is 31.2 Å². The van der Waals surface area contributed by atoms with E-state index in [0.717, 1.165) is 6.42 Å². The molecule has 1 heterocycles. The normalized spacial score (nSPS) is 18.7. The topological polar surface area (TPSA) is 133 Å². The van der Waals surface area contributed by atoms with Crippen LogP contribution in [0.15, 0.2) is 35.5 Å². The van der Waals surface area contributed by atoms with E-state index in [-0.39, 0.29) is 29.4 Å². The van der Waals surface area contributed by atoms with E-state index in [9.17, 15) is 29.6 Å². The Morgan fingerprint density at radius 1 is 1.29 bits per heavy atom. The van der Waals surface area contributed by atoms with Gasteiger partial charge in [0.25, 0.3) is 5.69 Å². The Bertz CT molecular complexity index is 985. The highest BCUT2D eigenvalue weighted by molar-refractivity contribution is 5.93. The predicted octanol–water partition coefficient (Wildman–Crippen LogP) is 3.84. The molecule has 1 unspecified atom stereocenters. The third kappa shape index (κ3) is 5.92. The molecule has 1 saturated carbocycles. The van der Waals surface area contributed by atoms with Crippen molar-refractivity contribution < 1.29 is 24.4 Å². The van der Waals surface area contributed by atoms with Crippen molar-refractivity contribution >= 4 is 23.6 Å². The number of aliphatic carboxylic acids is 1. The Morgan fingerprint density at radius 2 is 2.00 bits per heavy atom. The number of carbonyl (C=O) groups is 3. The summed E-state index contributed by atoms with van der Waals surface area (Å²) in [6.07, 6.45) is 6.72. The molecule has 10 nitrogen and oxygen atoms in total. The molecule has 1 atom stereocenters. The smallest absolute Gasteiger partial charge is 0.335 e. The average Bonchev–Trinajstić information content (AvgIpc) is 3.31. The van der Waals surface area contributed by atoms with E-state index in [2.05, 4.69) is 5.32 Å². The number of nitrogens with one attached hydrogen (secondary N) is 1. The number of rotatable bonds is 10. The summed E-state index contributed by atoms with van der Waals surface area (Å²) in [5.74, 6) is -0.514. The molecule has 10 heteroatoms. The van der Waals surface area contributed by atoms with Crippen LogP contribution in [-0.2, 0) is 9.59 Å². The Balaban J connectivity index is 1.71. The standard InChI is InChI=1S/C24H32N4O6/c1-16-21(23(30)31)22(18-9-5-10-19(15-18)28(33)34)27(24(32)25-16)14-6-13-26(2)20(29)12-11-17-7-3-4-8-17/h5,9-10,15,17,22H,3-4,6-8,11-14H2,1-2H3,(H,25,32)(H,30,31). The van der Waals surface area contributed by atoms with Gasteiger partial charge < -0.3 is 20.2 Å². The van der Waals surface area contributed by atoms with Crippen LogP contribution in [0.5, 0.6) is 0 Å². The lowest BCUT2D eigenvalue weighted by molar-refractivity contribution is -0.384. The molecule has 2 N–H and O–H groups in total. The van der Waals surface area contributed by atoms with E-state index in [0.29, 0.717) is 30.9 Å². The number of nitro benzene ring substituents is 1. The fraction of sp³-hybridized carbons (Fsp3) is 0.542. The summed E-state index contributed by atoms with van der Waals surface area (Å²) in [5, 5.41) is 23.7. The number of nitro groups is 1. The highest BCUT2D eigenvalue weighted by Gasteiger charge is 2.38. The van der Waals surface area contributed by atoms with Gasteiger partial charge in [-0.2, -0.15) is 0 Å². The Kier molecular flexibility index (Phi) is 8.25. The van der Waals surface area contributed by atoms with Crippen LogP contribution >= 0.6 is 0 Å². The zero-order valence-corrected chi connectivity index (χ0v) is 19.7. The third-order valence-corrected chi connectivity index (χ3v) is 6.73. The molecule has 1 aliphatic heterocycles. The molecule has 0 bridgehead atoms. The number of carbonyl (C=O) groups excluding carboxylic acids is 2. The highest BCUT2D eigenvalue weighted by Crippen LogP contribution is 2.35. The van der Waals surface area contributed by atoms with Crippen molar-refractivity contribution in [1.82, 2.24) is 15.1 Å². The zero-order chi connectivity index (χ0) is 24.8. The number of non-ortho nitro benzene ring substituents is 1. The van der Waals surface area contributed by atoms with Gasteiger partial charge >= 0.3 is 12.0 Å². The molecule has 1 fully saturated rings. The first kappa shape index (κ1) is 25.2. The van der Waals surface area contributed by atoms with Crippen molar-refractivity contribution in [2.24, 2.45) is 5.92 Å². The summed E-state index contributed by atoms with van der Waals surface area (Å²) in [4.78, 5) is 51.1. The minimum Gasteiger partial charge on any atom is -0.478 e. The molecule has 34 heavy (non-hydrogen) atoms. The second-order valence-corrected chi connectivity index (χ2v) is 9.08. The Morgan fingerprint density at radius 3 is 2.65 bits per heavy atom. The monoisotopic (exact) mass is 472 g/mol. The van der Waals surface area contributed by atoms with Gasteiger partial charge in [-0.1, -0.05) is 37.8 Å². The lowest BCUT2D eigenvalue weighted by atomic mass is 9.93. The molecule has 3 amide bonds. The van der Waals surface area contributed by atoms with E-state index in [1.807, 2.05) is 0 Å². The second kappa shape index (κ2) is 11.1. The van der Waals surface area contributed by atoms with Gasteiger partial charge in [-0.15, -0.1) is 0 Å². The molecule has 1 aromatic rings. The summed E-state index contributed by atoms with van der Waals surface area (Å²) >= 11 is 0. The molecule has 0 aromatic heterocycles. The number of carboxylic acids is 1. The first-order chi connectivity index (χ1) is 16.2. The Hall–Kier alpha value is -3.43. The molecule has 184 valence electrons. The van der Waals surface area contributed by atoms with Crippen molar-refractivity contribution in [2.45, 2.75) is 57.9 Å². The summed E-state index contributed by atoms with van der Waals surface area (Å²) in [5.41, 5.74) is 0.325. The van der Waals surface area contributed by atoms with Gasteiger partial charge in [0.1, 0.15) is 0 Å². The molecule has 0 radical (unpaired) electrons. The molecule has 3 rings (SSSR count). The van der Waals surface area contributed by atoms with Crippen molar-refractivity contribution in [3.63, 3.8) is 0 Å². The van der Waals surface area contributed by atoms with Crippen LogP contribution in [0.4, 0.5) is 10.5 Å². The Labute approximate surface area is 198 Å². The van der Waals surface area contributed by atoms with E-state index >= 15 is 0 Å². The van der Waals surface area contributed by atoms with Crippen molar-refractivity contribution in [3.05, 3.63) is 51.2 Å². The van der Waals surface area contributed by atoms with Crippen LogP contribution in [0.25, 0.3) is 0 Å². The lowest BCUT2D eigenvalue weighted by Crippen LogP contribution is -2.49. The SMILES string of the molecule is CC1=C(C(=O)O)C(c2cccc([N+](=O)[O-])c2)N(CCCN(C)C(=O)CCC2CCCC2)C(=O)N1. The van der Waals surface area contributed by atoms with Gasteiger partial charge in [-0.25, -0.2) is 9.59 Å². The molecule has 2 aliphatic rings. The minimum atomic E-state index is -1.21. The van der Waals surface area contributed by atoms with Crippen LogP contribution in [0, 0.1) is 16.0 Å². The fourth-order valence-corrected chi connectivity index (χ4v) is 4.86. The van der Waals surface area contributed by atoms with Gasteiger partial charge in [-0.3, -0.25) is 14.9 Å². The number of benzene rings is 1. The second-order valence-electron chi connectivity index (χ2n) is 9.08. The number of amides is 3. The van der Waals surface area contributed by atoms with Gasteiger partial charge in [0.2, 0.25) is 5.91 Å². The quantitative estimate of drug-likeness (QED) is 0.393. The van der Waals surface area contributed by atoms with Crippen LogP contribution in [-0.4, -0.2) is 57.9 Å². The molecular weight excluding hydrogens is 440 g/mol. The highest BCUT2D eigenvalue weighted by atomic mass is 16.6. The van der Waals surface area contributed by atoms with Crippen LogP contribution < -0.4 is 5.32 Å². The summed E-state index contributed by atoms with van der Waals surface area (Å²) in [7, 11) is 1.73. The molecule has 1 aromatic carbocycles. The number of urea groups is 1. The number of nitrogens with zero attached hydrogens (tertiary/aromatic N) is 3. The average molecular weight is 473 g/mol. The maximum Gasteiger partial charge on any atom is 0.335 e. The summed E-state index contributed by atoms with van der Waals surface area (Å²) < 4.78 is 0. The van der Waals surface area contributed by atoms with Crippen molar-refractivity contribution in [2.75, 3.05) is 20.1 Å². The summed E-state index contributed by atoms with van der Waals surface area (Å²) in [6.45, 7) is 2.10. The maximum atomic E-state index is 12.8. The minimum absolute atomic E-state index is 0.0407. The number of carboxylic acid groups (broad SMARTS) is 1. The first-order valence-electron chi connectivity index (χ1n) is 11.7. The summed E-state index contributed by atoms with van der Waals surface area (Å²) in [6, 6.07) is 4.22. The molecule has 1 aliphatic carbocycles. The predicted molar refractivity (Wildman–Crippen MR) is 125 cm³/mol. The van der Waals surface area contributed by atoms with Gasteiger partial charge in [0.05, 0.1) is 16.5 Å². The van der Waals surface area contributed by atoms with Crippen LogP contribution in [0.1, 0.15) is 63.5 Å². The largest absolute Gasteiger partial charge is 0.478 e. The van der Waals surface area contributed by atoms with Gasteiger partial charge in [0.15, 0.2) is 0 Å².